The summed E-state index contributed by atoms with van der Waals surface area (Å²) >= 11 is 21.1. The molecule has 0 unspecified atom stereocenters. The SMILES string of the molecule is CCOc1cc(/C=C2\C(=O)NC(=S)N(c3cccc(Cl)c3Cl)C2=O)cc(Br)c1OCc1ccc(C(=O)O)cc1. The molecule has 0 aromatic heterocycles. The Morgan fingerprint density at radius 2 is 1.85 bits per heavy atom. The van der Waals surface area contributed by atoms with Crippen molar-refractivity contribution in [3.05, 3.63) is 91.4 Å². The number of carbonyl (C=O) groups excluding carboxylic acids is 2. The molecule has 0 spiro atoms. The van der Waals surface area contributed by atoms with E-state index in [1.807, 2.05) is 0 Å². The van der Waals surface area contributed by atoms with E-state index >= 15 is 0 Å². The molecule has 3 aromatic carbocycles. The highest BCUT2D eigenvalue weighted by molar-refractivity contribution is 9.10. The minimum atomic E-state index is -1.01. The molecule has 1 aliphatic rings. The van der Waals surface area contributed by atoms with Crippen LogP contribution in [0.2, 0.25) is 10.0 Å². The molecule has 0 radical (unpaired) electrons. The van der Waals surface area contributed by atoms with Gasteiger partial charge in [0.2, 0.25) is 0 Å². The summed E-state index contributed by atoms with van der Waals surface area (Å²) in [5.41, 5.74) is 1.46. The normalized spacial score (nSPS) is 14.4. The molecule has 0 aliphatic carbocycles. The van der Waals surface area contributed by atoms with E-state index in [2.05, 4.69) is 21.2 Å². The fraction of sp³-hybridized carbons (Fsp3) is 0.111. The molecular weight excluding hydrogens is 631 g/mol. The van der Waals surface area contributed by atoms with Crippen LogP contribution in [-0.4, -0.2) is 34.6 Å². The molecule has 1 fully saturated rings. The lowest BCUT2D eigenvalue weighted by molar-refractivity contribution is -0.122. The Labute approximate surface area is 247 Å². The smallest absolute Gasteiger partial charge is 0.335 e. The first-order valence-corrected chi connectivity index (χ1v) is 13.3. The fourth-order valence-corrected chi connectivity index (χ4v) is 4.91. The van der Waals surface area contributed by atoms with Gasteiger partial charge in [-0.1, -0.05) is 41.4 Å². The second kappa shape index (κ2) is 12.2. The third kappa shape index (κ3) is 6.25. The monoisotopic (exact) mass is 648 g/mol. The number of anilines is 1. The molecule has 200 valence electrons. The van der Waals surface area contributed by atoms with Crippen molar-refractivity contribution >= 4 is 86.0 Å². The first-order chi connectivity index (χ1) is 18.6. The van der Waals surface area contributed by atoms with Crippen LogP contribution in [0.4, 0.5) is 5.69 Å². The van der Waals surface area contributed by atoms with Gasteiger partial charge in [0, 0.05) is 0 Å². The van der Waals surface area contributed by atoms with Gasteiger partial charge in [-0.2, -0.15) is 0 Å². The van der Waals surface area contributed by atoms with Crippen LogP contribution in [0.15, 0.2) is 64.6 Å². The van der Waals surface area contributed by atoms with Crippen LogP contribution < -0.4 is 19.7 Å². The lowest BCUT2D eigenvalue weighted by Crippen LogP contribution is -2.54. The zero-order valence-corrected chi connectivity index (χ0v) is 24.1. The lowest BCUT2D eigenvalue weighted by Gasteiger charge is -2.29. The van der Waals surface area contributed by atoms with Crippen LogP contribution in [0.1, 0.15) is 28.4 Å². The molecule has 1 aliphatic heterocycles. The maximum atomic E-state index is 13.4. The maximum absolute atomic E-state index is 13.4. The summed E-state index contributed by atoms with van der Waals surface area (Å²) in [5, 5.41) is 11.8. The average Bonchev–Trinajstić information content (AvgIpc) is 2.89. The minimum Gasteiger partial charge on any atom is -0.490 e. The summed E-state index contributed by atoms with van der Waals surface area (Å²) < 4.78 is 12.2. The van der Waals surface area contributed by atoms with Crippen LogP contribution >= 0.6 is 51.3 Å². The number of carboxylic acids is 1. The third-order valence-electron chi connectivity index (χ3n) is 5.50. The Morgan fingerprint density at radius 3 is 2.51 bits per heavy atom. The van der Waals surface area contributed by atoms with Gasteiger partial charge in [-0.05, 0) is 88.7 Å². The van der Waals surface area contributed by atoms with E-state index < -0.39 is 17.8 Å². The number of carbonyl (C=O) groups is 3. The highest BCUT2D eigenvalue weighted by Gasteiger charge is 2.35. The van der Waals surface area contributed by atoms with E-state index in [4.69, 9.17) is 50.0 Å². The van der Waals surface area contributed by atoms with E-state index in [0.717, 1.165) is 10.5 Å². The van der Waals surface area contributed by atoms with Crippen LogP contribution in [0, 0.1) is 0 Å². The average molecular weight is 650 g/mol. The first-order valence-electron chi connectivity index (χ1n) is 11.4. The van der Waals surface area contributed by atoms with E-state index in [-0.39, 0.29) is 38.6 Å². The highest BCUT2D eigenvalue weighted by atomic mass is 79.9. The van der Waals surface area contributed by atoms with E-state index in [0.29, 0.717) is 28.1 Å². The summed E-state index contributed by atoms with van der Waals surface area (Å²) in [5.74, 6) is -1.59. The number of nitrogens with one attached hydrogen (secondary N) is 1. The summed E-state index contributed by atoms with van der Waals surface area (Å²) in [6.07, 6.45) is 1.41. The van der Waals surface area contributed by atoms with Gasteiger partial charge >= 0.3 is 5.97 Å². The van der Waals surface area contributed by atoms with Gasteiger partial charge in [-0.25, -0.2) is 4.79 Å². The number of ether oxygens (including phenoxy) is 2. The molecule has 2 N–H and O–H groups in total. The fourth-order valence-electron chi connectivity index (χ4n) is 3.68. The number of benzene rings is 3. The number of hydrogen-bond acceptors (Lipinski definition) is 6. The Hall–Kier alpha value is -3.44. The number of thiocarbonyl (C=S) groups is 1. The zero-order chi connectivity index (χ0) is 28.3. The van der Waals surface area contributed by atoms with E-state index in [1.54, 1.807) is 49.4 Å². The number of hydrogen-bond donors (Lipinski definition) is 2. The summed E-state index contributed by atoms with van der Waals surface area (Å²) in [4.78, 5) is 38.4. The van der Waals surface area contributed by atoms with Crippen molar-refractivity contribution in [2.45, 2.75) is 13.5 Å². The Balaban J connectivity index is 1.65. The molecule has 0 bridgehead atoms. The topological polar surface area (TPSA) is 105 Å². The van der Waals surface area contributed by atoms with Crippen molar-refractivity contribution in [2.24, 2.45) is 0 Å². The predicted octanol–water partition coefficient (Wildman–Crippen LogP) is 6.26. The van der Waals surface area contributed by atoms with Crippen molar-refractivity contribution in [3.8, 4) is 11.5 Å². The number of halogens is 3. The largest absolute Gasteiger partial charge is 0.490 e. The molecule has 0 atom stereocenters. The van der Waals surface area contributed by atoms with Gasteiger partial charge < -0.3 is 14.6 Å². The predicted molar refractivity (Wildman–Crippen MR) is 156 cm³/mol. The van der Waals surface area contributed by atoms with Gasteiger partial charge in [-0.3, -0.25) is 19.8 Å². The van der Waals surface area contributed by atoms with Crippen molar-refractivity contribution < 1.29 is 29.0 Å². The number of amides is 2. The van der Waals surface area contributed by atoms with Crippen LogP contribution in [0.3, 0.4) is 0 Å². The molecule has 0 saturated carbocycles. The molecular formula is C27H19BrCl2N2O6S. The Bertz CT molecular complexity index is 1530. The molecule has 2 amide bonds. The third-order valence-corrected chi connectivity index (χ3v) is 7.18. The molecule has 1 saturated heterocycles. The summed E-state index contributed by atoms with van der Waals surface area (Å²) in [6, 6.07) is 14.4. The van der Waals surface area contributed by atoms with Crippen LogP contribution in [0.5, 0.6) is 11.5 Å². The van der Waals surface area contributed by atoms with Gasteiger partial charge in [-0.15, -0.1) is 0 Å². The van der Waals surface area contributed by atoms with Gasteiger partial charge in [0.05, 0.1) is 32.4 Å². The second-order valence-electron chi connectivity index (χ2n) is 8.08. The van der Waals surface area contributed by atoms with Crippen molar-refractivity contribution in [2.75, 3.05) is 11.5 Å². The molecule has 8 nitrogen and oxygen atoms in total. The molecule has 4 rings (SSSR count). The quantitative estimate of drug-likeness (QED) is 0.169. The number of rotatable bonds is 8. The van der Waals surface area contributed by atoms with Gasteiger partial charge in [0.15, 0.2) is 16.6 Å². The van der Waals surface area contributed by atoms with Crippen molar-refractivity contribution in [1.29, 1.82) is 0 Å². The molecule has 1 heterocycles. The zero-order valence-electron chi connectivity index (χ0n) is 20.2. The Kier molecular flexibility index (Phi) is 8.91. The molecule has 3 aromatic rings. The summed E-state index contributed by atoms with van der Waals surface area (Å²) in [7, 11) is 0. The maximum Gasteiger partial charge on any atom is 0.335 e. The van der Waals surface area contributed by atoms with Crippen LogP contribution in [-0.2, 0) is 16.2 Å². The van der Waals surface area contributed by atoms with Crippen LogP contribution in [0.25, 0.3) is 6.08 Å². The van der Waals surface area contributed by atoms with Gasteiger partial charge in [0.1, 0.15) is 12.2 Å². The van der Waals surface area contributed by atoms with Crippen molar-refractivity contribution in [3.63, 3.8) is 0 Å². The second-order valence-corrected chi connectivity index (χ2v) is 10.1. The Morgan fingerprint density at radius 1 is 1.13 bits per heavy atom. The van der Waals surface area contributed by atoms with E-state index in [9.17, 15) is 14.4 Å². The number of nitrogens with zero attached hydrogens (tertiary/aromatic N) is 1. The lowest BCUT2D eigenvalue weighted by atomic mass is 10.1. The van der Waals surface area contributed by atoms with Crippen molar-refractivity contribution in [1.82, 2.24) is 5.32 Å². The minimum absolute atomic E-state index is 0.117. The molecule has 12 heteroatoms. The number of carboxylic acid groups (broad SMARTS) is 1. The highest BCUT2D eigenvalue weighted by Crippen LogP contribution is 2.39. The van der Waals surface area contributed by atoms with Gasteiger partial charge in [0.25, 0.3) is 11.8 Å². The summed E-state index contributed by atoms with van der Waals surface area (Å²) in [6.45, 7) is 2.27. The number of aromatic carboxylic acids is 1. The van der Waals surface area contributed by atoms with E-state index in [1.165, 1.54) is 18.2 Å². The standard InChI is InChI=1S/C27H19BrCl2N2O6S/c1-2-37-21-12-15(11-18(28)23(21)38-13-14-6-8-16(9-7-14)26(35)36)10-17-24(33)31-27(39)32(25(17)34)20-5-3-4-19(29)22(20)30/h3-12H,2,13H2,1H3,(H,35,36)(H,31,33,39)/b17-10+. The molecule has 39 heavy (non-hydrogen) atoms. The first kappa shape index (κ1) is 28.6.